The molecule has 0 fully saturated rings. The number of carbonyl (C=O) groups excluding carboxylic acids is 1. The first-order valence-corrected chi connectivity index (χ1v) is 11.5. The smallest absolute Gasteiger partial charge is 0.273 e. The first-order chi connectivity index (χ1) is 16.9. The normalized spacial score (nSPS) is 11.3. The van der Waals surface area contributed by atoms with Gasteiger partial charge in [-0.3, -0.25) is 4.79 Å². The van der Waals surface area contributed by atoms with Crippen molar-refractivity contribution in [2.45, 2.75) is 32.1 Å². The van der Waals surface area contributed by atoms with Crippen molar-refractivity contribution >= 4 is 17.4 Å². The van der Waals surface area contributed by atoms with Gasteiger partial charge in [-0.2, -0.15) is 0 Å². The lowest BCUT2D eigenvalue weighted by molar-refractivity contribution is -0.117. The van der Waals surface area contributed by atoms with Crippen molar-refractivity contribution in [1.82, 2.24) is 9.97 Å². The predicted octanol–water partition coefficient (Wildman–Crippen LogP) is 7.45. The molecule has 0 N–H and O–H groups in total. The van der Waals surface area contributed by atoms with Crippen LogP contribution in [0.15, 0.2) is 85.2 Å². The van der Waals surface area contributed by atoms with Crippen LogP contribution in [0.5, 0.6) is 11.6 Å². The van der Waals surface area contributed by atoms with Crippen molar-refractivity contribution < 1.29 is 18.3 Å². The fourth-order valence-corrected chi connectivity index (χ4v) is 3.77. The largest absolute Gasteiger partial charge is 0.435 e. The van der Waals surface area contributed by atoms with Crippen LogP contribution in [-0.4, -0.2) is 15.8 Å². The van der Waals surface area contributed by atoms with Gasteiger partial charge in [0.25, 0.3) is 5.92 Å². The van der Waals surface area contributed by atoms with Gasteiger partial charge < -0.3 is 4.74 Å². The van der Waals surface area contributed by atoms with Crippen LogP contribution >= 0.6 is 11.6 Å². The lowest BCUT2D eigenvalue weighted by Crippen LogP contribution is -2.12. The van der Waals surface area contributed by atoms with Crippen LogP contribution in [-0.2, 0) is 23.6 Å². The molecule has 4 nitrogen and oxygen atoms in total. The molecule has 35 heavy (non-hydrogen) atoms. The maximum Gasteiger partial charge on any atom is 0.273 e. The van der Waals surface area contributed by atoms with Gasteiger partial charge in [-0.05, 0) is 23.3 Å². The third-order valence-corrected chi connectivity index (χ3v) is 5.87. The number of hydrogen-bond acceptors (Lipinski definition) is 4. The Hall–Kier alpha value is -3.64. The highest BCUT2D eigenvalue weighted by Gasteiger charge is 2.28. The second-order valence-electron chi connectivity index (χ2n) is 8.09. The van der Waals surface area contributed by atoms with Crippen LogP contribution in [0, 0.1) is 0 Å². The van der Waals surface area contributed by atoms with Crippen molar-refractivity contribution in [2.75, 3.05) is 0 Å². The quantitative estimate of drug-likeness (QED) is 0.243. The number of halogens is 3. The van der Waals surface area contributed by atoms with E-state index in [1.165, 1.54) is 19.1 Å². The van der Waals surface area contributed by atoms with E-state index in [1.54, 1.807) is 36.7 Å². The Balaban J connectivity index is 1.43. The summed E-state index contributed by atoms with van der Waals surface area (Å²) in [6.07, 6.45) is 3.27. The highest BCUT2D eigenvalue weighted by molar-refractivity contribution is 6.32. The molecule has 178 valence electrons. The van der Waals surface area contributed by atoms with E-state index >= 15 is 0 Å². The SMILES string of the molecule is CCC(F)(F)c1ccc(CC(=O)Cc2ccc(-c3nccnc3Oc3ccccc3Cl)cc2)cc1. The molecule has 0 aliphatic heterocycles. The van der Waals surface area contributed by atoms with Crippen LogP contribution in [0.1, 0.15) is 30.0 Å². The summed E-state index contributed by atoms with van der Waals surface area (Å²) in [5.74, 6) is -2.06. The van der Waals surface area contributed by atoms with E-state index in [4.69, 9.17) is 16.3 Å². The molecular weight excluding hydrogens is 470 g/mol. The number of para-hydroxylation sites is 1. The van der Waals surface area contributed by atoms with Gasteiger partial charge in [-0.15, -0.1) is 0 Å². The summed E-state index contributed by atoms with van der Waals surface area (Å²) in [5.41, 5.74) is 2.85. The Kier molecular flexibility index (Phi) is 7.51. The fourth-order valence-electron chi connectivity index (χ4n) is 3.60. The second kappa shape index (κ2) is 10.7. The van der Waals surface area contributed by atoms with Crippen LogP contribution < -0.4 is 4.74 Å². The lowest BCUT2D eigenvalue weighted by atomic mass is 9.99. The van der Waals surface area contributed by atoms with Gasteiger partial charge in [-0.25, -0.2) is 18.7 Å². The van der Waals surface area contributed by atoms with Crippen LogP contribution in [0.4, 0.5) is 8.78 Å². The summed E-state index contributed by atoms with van der Waals surface area (Å²) in [5, 5.41) is 0.465. The molecule has 7 heteroatoms. The molecule has 3 aromatic carbocycles. The Morgan fingerprint density at radius 3 is 2.11 bits per heavy atom. The molecule has 0 amide bonds. The number of Topliss-reactive ketones (excluding diaryl/α,β-unsaturated/α-hetero) is 1. The summed E-state index contributed by atoms with van der Waals surface area (Å²) >= 11 is 6.20. The summed E-state index contributed by atoms with van der Waals surface area (Å²) in [4.78, 5) is 21.3. The number of nitrogens with zero attached hydrogens (tertiary/aromatic N) is 2. The van der Waals surface area contributed by atoms with Gasteiger partial charge in [0.05, 0.1) is 5.02 Å². The molecule has 0 saturated carbocycles. The Morgan fingerprint density at radius 2 is 1.49 bits per heavy atom. The maximum atomic E-state index is 13.8. The van der Waals surface area contributed by atoms with Gasteiger partial charge in [-0.1, -0.05) is 79.2 Å². The number of ketones is 1. The Morgan fingerprint density at radius 1 is 0.886 bits per heavy atom. The minimum absolute atomic E-state index is 0.00463. The van der Waals surface area contributed by atoms with E-state index in [-0.39, 0.29) is 30.6 Å². The van der Waals surface area contributed by atoms with Gasteiger partial charge in [0.15, 0.2) is 0 Å². The van der Waals surface area contributed by atoms with Crippen molar-refractivity contribution in [1.29, 1.82) is 0 Å². The number of alkyl halides is 2. The molecular formula is C28H23ClF2N2O2. The molecule has 0 bridgehead atoms. The molecule has 1 aromatic heterocycles. The summed E-state index contributed by atoms with van der Waals surface area (Å²) in [6, 6.07) is 20.5. The van der Waals surface area contributed by atoms with E-state index in [0.717, 1.165) is 11.1 Å². The monoisotopic (exact) mass is 492 g/mol. The average Bonchev–Trinajstić information content (AvgIpc) is 2.86. The highest BCUT2D eigenvalue weighted by Crippen LogP contribution is 2.33. The summed E-state index contributed by atoms with van der Waals surface area (Å²) in [7, 11) is 0. The van der Waals surface area contributed by atoms with E-state index in [0.29, 0.717) is 27.9 Å². The number of hydrogen-bond donors (Lipinski definition) is 0. The molecule has 1 heterocycles. The summed E-state index contributed by atoms with van der Waals surface area (Å²) < 4.78 is 33.5. The summed E-state index contributed by atoms with van der Waals surface area (Å²) in [6.45, 7) is 1.44. The van der Waals surface area contributed by atoms with Crippen molar-refractivity contribution in [3.8, 4) is 22.9 Å². The molecule has 4 aromatic rings. The molecule has 0 radical (unpaired) electrons. The van der Waals surface area contributed by atoms with Gasteiger partial charge in [0.1, 0.15) is 17.2 Å². The van der Waals surface area contributed by atoms with Gasteiger partial charge >= 0.3 is 0 Å². The van der Waals surface area contributed by atoms with Crippen molar-refractivity contribution in [2.24, 2.45) is 0 Å². The first kappa shape index (κ1) is 24.5. The molecule has 4 rings (SSSR count). The maximum absolute atomic E-state index is 13.8. The average molecular weight is 493 g/mol. The standard InChI is InChI=1S/C28H23ClF2N2O2/c1-2-28(30,31)22-13-9-20(10-14-22)18-23(34)17-19-7-11-21(12-8-19)26-27(33-16-15-32-26)35-25-6-4-3-5-24(25)29/h3-16H,2,17-18H2,1H3. The minimum Gasteiger partial charge on any atom is -0.435 e. The van der Waals surface area contributed by atoms with Gasteiger partial charge in [0, 0.05) is 42.8 Å². The number of aromatic nitrogens is 2. The zero-order chi connectivity index (χ0) is 24.8. The van der Waals surface area contributed by atoms with Crippen LogP contribution in [0.2, 0.25) is 5.02 Å². The number of ether oxygens (including phenoxy) is 1. The highest BCUT2D eigenvalue weighted by atomic mass is 35.5. The van der Waals surface area contributed by atoms with E-state index in [9.17, 15) is 13.6 Å². The number of carbonyl (C=O) groups is 1. The molecule has 0 aliphatic rings. The molecule has 0 aliphatic carbocycles. The zero-order valence-corrected chi connectivity index (χ0v) is 19.8. The lowest BCUT2D eigenvalue weighted by Gasteiger charge is -2.14. The number of benzene rings is 3. The number of rotatable bonds is 9. The predicted molar refractivity (Wildman–Crippen MR) is 132 cm³/mol. The van der Waals surface area contributed by atoms with Crippen LogP contribution in [0.25, 0.3) is 11.3 Å². The van der Waals surface area contributed by atoms with E-state index in [2.05, 4.69) is 9.97 Å². The molecule has 0 spiro atoms. The fraction of sp³-hybridized carbons (Fsp3) is 0.179. The first-order valence-electron chi connectivity index (χ1n) is 11.2. The molecule has 0 unspecified atom stereocenters. The minimum atomic E-state index is -2.86. The third kappa shape index (κ3) is 6.08. The van der Waals surface area contributed by atoms with Crippen molar-refractivity contribution in [3.63, 3.8) is 0 Å². The third-order valence-electron chi connectivity index (χ3n) is 5.56. The van der Waals surface area contributed by atoms with E-state index in [1.807, 2.05) is 36.4 Å². The Bertz CT molecular complexity index is 1310. The van der Waals surface area contributed by atoms with Crippen molar-refractivity contribution in [3.05, 3.63) is 107 Å². The van der Waals surface area contributed by atoms with Gasteiger partial charge in [0.2, 0.25) is 5.88 Å². The van der Waals surface area contributed by atoms with Crippen LogP contribution in [0.3, 0.4) is 0 Å². The Labute approximate surface area is 207 Å². The topological polar surface area (TPSA) is 52.1 Å². The zero-order valence-electron chi connectivity index (χ0n) is 19.0. The van der Waals surface area contributed by atoms with E-state index < -0.39 is 5.92 Å². The molecule has 0 atom stereocenters. The second-order valence-corrected chi connectivity index (χ2v) is 8.49. The molecule has 0 saturated heterocycles.